The lowest BCUT2D eigenvalue weighted by Crippen LogP contribution is -2.40. The summed E-state index contributed by atoms with van der Waals surface area (Å²) in [6, 6.07) is 11.3. The molecule has 1 saturated heterocycles. The van der Waals surface area contributed by atoms with Crippen molar-refractivity contribution in [3.8, 4) is 0 Å². The third kappa shape index (κ3) is 4.52. The van der Waals surface area contributed by atoms with Gasteiger partial charge in [0.05, 0.1) is 16.9 Å². The zero-order chi connectivity index (χ0) is 22.3. The number of carbonyl (C=O) groups excluding carboxylic acids is 1. The number of hydrogen-bond donors (Lipinski definition) is 0. The Balaban J connectivity index is 1.76. The van der Waals surface area contributed by atoms with Crippen LogP contribution < -0.4 is 5.43 Å². The Bertz CT molecular complexity index is 1330. The molecule has 3 aromatic rings. The molecule has 8 heteroatoms. The molecule has 0 aliphatic carbocycles. The zero-order valence-electron chi connectivity index (χ0n) is 17.2. The van der Waals surface area contributed by atoms with E-state index in [2.05, 4.69) is 0 Å². The summed E-state index contributed by atoms with van der Waals surface area (Å²) in [4.78, 5) is 27.7. The van der Waals surface area contributed by atoms with E-state index in [1.807, 2.05) is 19.9 Å². The minimum absolute atomic E-state index is 0.0299. The molecule has 0 N–H and O–H groups in total. The van der Waals surface area contributed by atoms with Crippen molar-refractivity contribution >= 4 is 38.3 Å². The van der Waals surface area contributed by atoms with Gasteiger partial charge in [-0.25, -0.2) is 8.42 Å². The number of rotatable bonds is 4. The highest BCUT2D eigenvalue weighted by Gasteiger charge is 2.36. The fraction of sp³-hybridized carbons (Fsp3) is 0.304. The van der Waals surface area contributed by atoms with Gasteiger partial charge in [-0.1, -0.05) is 29.8 Å². The lowest BCUT2D eigenvalue weighted by Gasteiger charge is -2.28. The van der Waals surface area contributed by atoms with Gasteiger partial charge in [-0.2, -0.15) is 0 Å². The van der Waals surface area contributed by atoms with E-state index >= 15 is 0 Å². The van der Waals surface area contributed by atoms with Crippen molar-refractivity contribution in [2.45, 2.75) is 32.9 Å². The summed E-state index contributed by atoms with van der Waals surface area (Å²) in [5, 5.41) is 0.984. The number of amides is 1. The third-order valence-electron chi connectivity index (χ3n) is 5.55. The standard InChI is InChI=1S/C23H22ClNO5S/c1-14-9-15(2)22-19(10-14)20(26)11-21(30-22)23(27)25(18-7-8-31(28,29)13-18)12-16-3-5-17(24)6-4-16/h3-6,9-11,18H,7-8,12-13H2,1-2H3/t18-/m1/s1. The van der Waals surface area contributed by atoms with E-state index in [0.29, 0.717) is 22.4 Å². The van der Waals surface area contributed by atoms with Crippen LogP contribution in [0.15, 0.2) is 51.7 Å². The van der Waals surface area contributed by atoms with E-state index in [1.54, 1.807) is 30.3 Å². The SMILES string of the molecule is Cc1cc(C)c2oc(C(=O)N(Cc3ccc(Cl)cc3)[C@@H]3CCS(=O)(=O)C3)cc(=O)c2c1. The number of aryl methyl sites for hydroxylation is 2. The fourth-order valence-electron chi connectivity index (χ4n) is 4.03. The van der Waals surface area contributed by atoms with Crippen LogP contribution in [-0.4, -0.2) is 36.8 Å². The first kappa shape index (κ1) is 21.6. The lowest BCUT2D eigenvalue weighted by molar-refractivity contribution is 0.0648. The molecule has 1 aromatic heterocycles. The summed E-state index contributed by atoms with van der Waals surface area (Å²) in [5.41, 5.74) is 2.55. The maximum Gasteiger partial charge on any atom is 0.290 e. The van der Waals surface area contributed by atoms with E-state index in [1.165, 1.54) is 11.0 Å². The molecule has 0 radical (unpaired) electrons. The van der Waals surface area contributed by atoms with E-state index < -0.39 is 21.8 Å². The van der Waals surface area contributed by atoms with Crippen molar-refractivity contribution in [3.05, 3.63) is 80.2 Å². The van der Waals surface area contributed by atoms with Gasteiger partial charge in [-0.15, -0.1) is 0 Å². The Morgan fingerprint density at radius 3 is 2.52 bits per heavy atom. The van der Waals surface area contributed by atoms with Crippen LogP contribution in [0.25, 0.3) is 11.0 Å². The summed E-state index contributed by atoms with van der Waals surface area (Å²) >= 11 is 5.96. The lowest BCUT2D eigenvalue weighted by atomic mass is 10.1. The summed E-state index contributed by atoms with van der Waals surface area (Å²) in [6.45, 7) is 3.89. The van der Waals surface area contributed by atoms with Crippen molar-refractivity contribution in [1.82, 2.24) is 4.90 Å². The van der Waals surface area contributed by atoms with Crippen LogP contribution in [0.2, 0.25) is 5.02 Å². The van der Waals surface area contributed by atoms with Crippen molar-refractivity contribution in [2.75, 3.05) is 11.5 Å². The van der Waals surface area contributed by atoms with Crippen LogP contribution in [0.1, 0.15) is 33.7 Å². The topological polar surface area (TPSA) is 84.7 Å². The molecule has 1 fully saturated rings. The average Bonchev–Trinajstić information content (AvgIpc) is 3.07. The number of hydrogen-bond acceptors (Lipinski definition) is 5. The van der Waals surface area contributed by atoms with Crippen LogP contribution in [-0.2, 0) is 16.4 Å². The minimum Gasteiger partial charge on any atom is -0.450 e. The molecular formula is C23H22ClNO5S. The van der Waals surface area contributed by atoms with E-state index in [4.69, 9.17) is 16.0 Å². The molecule has 0 spiro atoms. The Labute approximate surface area is 185 Å². The molecule has 162 valence electrons. The van der Waals surface area contributed by atoms with Gasteiger partial charge in [-0.05, 0) is 55.2 Å². The summed E-state index contributed by atoms with van der Waals surface area (Å²) in [7, 11) is -3.22. The van der Waals surface area contributed by atoms with E-state index in [-0.39, 0.29) is 29.2 Å². The molecule has 1 amide bonds. The Morgan fingerprint density at radius 2 is 1.87 bits per heavy atom. The maximum absolute atomic E-state index is 13.5. The van der Waals surface area contributed by atoms with Crippen LogP contribution in [0, 0.1) is 13.8 Å². The molecule has 31 heavy (non-hydrogen) atoms. The molecule has 1 aliphatic rings. The first-order chi connectivity index (χ1) is 14.6. The van der Waals surface area contributed by atoms with Gasteiger partial charge in [0.2, 0.25) is 0 Å². The number of nitrogens with zero attached hydrogens (tertiary/aromatic N) is 1. The van der Waals surface area contributed by atoms with Crippen LogP contribution in [0.3, 0.4) is 0 Å². The highest BCUT2D eigenvalue weighted by Crippen LogP contribution is 2.25. The quantitative estimate of drug-likeness (QED) is 0.590. The number of sulfone groups is 1. The summed E-state index contributed by atoms with van der Waals surface area (Å²) < 4.78 is 30.0. The molecule has 0 unspecified atom stereocenters. The summed E-state index contributed by atoms with van der Waals surface area (Å²) in [5.74, 6) is -0.677. The third-order valence-corrected chi connectivity index (χ3v) is 7.55. The molecule has 4 rings (SSSR count). The highest BCUT2D eigenvalue weighted by molar-refractivity contribution is 7.91. The van der Waals surface area contributed by atoms with Gasteiger partial charge in [-0.3, -0.25) is 9.59 Å². The number of fused-ring (bicyclic) bond motifs is 1. The van der Waals surface area contributed by atoms with Crippen molar-refractivity contribution in [3.63, 3.8) is 0 Å². The molecule has 2 heterocycles. The Kier molecular flexibility index (Phi) is 5.66. The van der Waals surface area contributed by atoms with Gasteiger partial charge in [0.1, 0.15) is 5.58 Å². The van der Waals surface area contributed by atoms with Crippen molar-refractivity contribution in [1.29, 1.82) is 0 Å². The first-order valence-electron chi connectivity index (χ1n) is 9.94. The molecule has 1 atom stereocenters. The average molecular weight is 460 g/mol. The molecule has 6 nitrogen and oxygen atoms in total. The normalized spacial score (nSPS) is 17.7. The second kappa shape index (κ2) is 8.13. The molecule has 0 saturated carbocycles. The minimum atomic E-state index is -3.22. The van der Waals surface area contributed by atoms with Crippen LogP contribution in [0.5, 0.6) is 0 Å². The monoisotopic (exact) mass is 459 g/mol. The number of benzene rings is 2. The number of halogens is 1. The Hall–Kier alpha value is -2.64. The molecule has 2 aromatic carbocycles. The second-order valence-electron chi connectivity index (χ2n) is 8.05. The molecular weight excluding hydrogens is 438 g/mol. The maximum atomic E-state index is 13.5. The van der Waals surface area contributed by atoms with E-state index in [0.717, 1.165) is 16.7 Å². The van der Waals surface area contributed by atoms with E-state index in [9.17, 15) is 18.0 Å². The first-order valence-corrected chi connectivity index (χ1v) is 12.1. The van der Waals surface area contributed by atoms with Gasteiger partial charge in [0.15, 0.2) is 21.0 Å². The van der Waals surface area contributed by atoms with Crippen molar-refractivity contribution < 1.29 is 17.6 Å². The smallest absolute Gasteiger partial charge is 0.290 e. The summed E-state index contributed by atoms with van der Waals surface area (Å²) in [6.07, 6.45) is 0.345. The second-order valence-corrected chi connectivity index (χ2v) is 10.7. The molecule has 0 bridgehead atoms. The van der Waals surface area contributed by atoms with Gasteiger partial charge < -0.3 is 9.32 Å². The molecule has 1 aliphatic heterocycles. The fourth-order valence-corrected chi connectivity index (χ4v) is 5.89. The highest BCUT2D eigenvalue weighted by atomic mass is 35.5. The van der Waals surface area contributed by atoms with Crippen LogP contribution >= 0.6 is 11.6 Å². The largest absolute Gasteiger partial charge is 0.450 e. The Morgan fingerprint density at radius 1 is 1.16 bits per heavy atom. The van der Waals surface area contributed by atoms with Crippen LogP contribution in [0.4, 0.5) is 0 Å². The predicted molar refractivity (Wildman–Crippen MR) is 120 cm³/mol. The van der Waals surface area contributed by atoms with Gasteiger partial charge in [0.25, 0.3) is 5.91 Å². The zero-order valence-corrected chi connectivity index (χ0v) is 18.8. The van der Waals surface area contributed by atoms with Gasteiger partial charge in [0, 0.05) is 23.7 Å². The van der Waals surface area contributed by atoms with Crippen molar-refractivity contribution in [2.24, 2.45) is 0 Å². The van der Waals surface area contributed by atoms with Gasteiger partial charge >= 0.3 is 0 Å². The number of carbonyl (C=O) groups is 1. The predicted octanol–water partition coefficient (Wildman–Crippen LogP) is 3.89.